The zero-order valence-corrected chi connectivity index (χ0v) is 12.8. The molecule has 2 aromatic rings. The summed E-state index contributed by atoms with van der Waals surface area (Å²) in [6.45, 7) is 4.04. The van der Waals surface area contributed by atoms with Crippen LogP contribution in [0, 0.1) is 13.8 Å². The molecule has 0 radical (unpaired) electrons. The highest BCUT2D eigenvalue weighted by Crippen LogP contribution is 2.11. The van der Waals surface area contributed by atoms with Crippen molar-refractivity contribution in [2.24, 2.45) is 0 Å². The lowest BCUT2D eigenvalue weighted by Crippen LogP contribution is -2.30. The van der Waals surface area contributed by atoms with Gasteiger partial charge in [0.1, 0.15) is 13.2 Å². The van der Waals surface area contributed by atoms with E-state index >= 15 is 0 Å². The topological polar surface area (TPSA) is 55.4 Å². The molecular weight excluding hydrogens is 278 g/mol. The molecule has 2 rings (SSSR count). The fraction of sp³-hybridized carbons (Fsp3) is 0.222. The molecule has 0 aliphatic heterocycles. The van der Waals surface area contributed by atoms with Crippen molar-refractivity contribution < 1.29 is 14.3 Å². The molecule has 1 amide bonds. The predicted octanol–water partition coefficient (Wildman–Crippen LogP) is 2.78. The molecule has 0 aliphatic rings. The van der Waals surface area contributed by atoms with Gasteiger partial charge in [0.2, 0.25) is 0 Å². The number of esters is 1. The largest absolute Gasteiger partial charge is 0.459 e. The summed E-state index contributed by atoms with van der Waals surface area (Å²) in [5, 5.41) is 2.55. The van der Waals surface area contributed by atoms with Crippen LogP contribution in [0.5, 0.6) is 0 Å². The Labute approximate surface area is 130 Å². The van der Waals surface area contributed by atoms with Gasteiger partial charge < -0.3 is 10.1 Å². The molecule has 0 heterocycles. The Bertz CT molecular complexity index is 665. The van der Waals surface area contributed by atoms with Crippen LogP contribution in [0.15, 0.2) is 48.5 Å². The van der Waals surface area contributed by atoms with Crippen molar-refractivity contribution in [1.82, 2.24) is 5.32 Å². The number of aryl methyl sites for hydroxylation is 2. The van der Waals surface area contributed by atoms with Gasteiger partial charge in [0.05, 0.1) is 0 Å². The average Bonchev–Trinajstić information content (AvgIpc) is 2.54. The summed E-state index contributed by atoms with van der Waals surface area (Å²) in [7, 11) is 0. The number of hydrogen-bond donors (Lipinski definition) is 1. The number of hydrogen-bond acceptors (Lipinski definition) is 3. The maximum Gasteiger partial charge on any atom is 0.325 e. The Morgan fingerprint density at radius 1 is 1.05 bits per heavy atom. The van der Waals surface area contributed by atoms with Gasteiger partial charge in [-0.1, -0.05) is 42.0 Å². The van der Waals surface area contributed by atoms with E-state index in [1.54, 1.807) is 24.3 Å². The number of ether oxygens (including phenoxy) is 1. The van der Waals surface area contributed by atoms with Crippen molar-refractivity contribution in [3.8, 4) is 0 Å². The summed E-state index contributed by atoms with van der Waals surface area (Å²) in [6.07, 6.45) is 0. The normalized spacial score (nSPS) is 10.1. The van der Waals surface area contributed by atoms with Crippen molar-refractivity contribution in [3.63, 3.8) is 0 Å². The number of benzene rings is 2. The first-order valence-corrected chi connectivity index (χ1v) is 7.11. The van der Waals surface area contributed by atoms with Crippen LogP contribution < -0.4 is 5.32 Å². The summed E-state index contributed by atoms with van der Waals surface area (Å²) in [4.78, 5) is 23.5. The molecule has 0 aliphatic carbocycles. The third kappa shape index (κ3) is 4.45. The van der Waals surface area contributed by atoms with Crippen LogP contribution in [0.4, 0.5) is 0 Å². The lowest BCUT2D eigenvalue weighted by atomic mass is 10.1. The van der Waals surface area contributed by atoms with E-state index < -0.39 is 5.97 Å². The minimum atomic E-state index is -0.454. The fourth-order valence-corrected chi connectivity index (χ4v) is 2.01. The van der Waals surface area contributed by atoms with Crippen LogP contribution in [0.25, 0.3) is 0 Å². The molecule has 4 heteroatoms. The lowest BCUT2D eigenvalue weighted by molar-refractivity contribution is -0.143. The Morgan fingerprint density at radius 2 is 1.77 bits per heavy atom. The van der Waals surface area contributed by atoms with E-state index in [0.29, 0.717) is 5.56 Å². The van der Waals surface area contributed by atoms with E-state index in [1.165, 1.54) is 0 Å². The van der Waals surface area contributed by atoms with Gasteiger partial charge in [-0.3, -0.25) is 9.59 Å². The first kappa shape index (κ1) is 15.8. The average molecular weight is 297 g/mol. The second-order valence-electron chi connectivity index (χ2n) is 5.14. The Morgan fingerprint density at radius 3 is 2.50 bits per heavy atom. The summed E-state index contributed by atoms with van der Waals surface area (Å²) in [6, 6.07) is 14.8. The molecule has 0 atom stereocenters. The molecule has 0 fully saturated rings. The molecule has 22 heavy (non-hydrogen) atoms. The molecule has 4 nitrogen and oxygen atoms in total. The SMILES string of the molecule is Cc1ccc(C)c(COC(=O)CNC(=O)c2ccccc2)c1. The lowest BCUT2D eigenvalue weighted by Gasteiger charge is -2.09. The minimum Gasteiger partial charge on any atom is -0.459 e. The molecule has 0 saturated carbocycles. The van der Waals surface area contributed by atoms with Gasteiger partial charge in [0.25, 0.3) is 5.91 Å². The van der Waals surface area contributed by atoms with E-state index in [9.17, 15) is 9.59 Å². The van der Waals surface area contributed by atoms with Crippen LogP contribution >= 0.6 is 0 Å². The van der Waals surface area contributed by atoms with Crippen LogP contribution in [0.3, 0.4) is 0 Å². The number of carbonyl (C=O) groups excluding carboxylic acids is 2. The van der Waals surface area contributed by atoms with E-state index in [2.05, 4.69) is 5.32 Å². The maximum absolute atomic E-state index is 11.8. The second kappa shape index (κ2) is 7.41. The van der Waals surface area contributed by atoms with Gasteiger partial charge in [0, 0.05) is 5.56 Å². The molecule has 114 valence electrons. The van der Waals surface area contributed by atoms with E-state index in [0.717, 1.165) is 16.7 Å². The third-order valence-electron chi connectivity index (χ3n) is 3.32. The highest BCUT2D eigenvalue weighted by molar-refractivity contribution is 5.95. The van der Waals surface area contributed by atoms with Crippen molar-refractivity contribution in [2.75, 3.05) is 6.54 Å². The van der Waals surface area contributed by atoms with Crippen LogP contribution in [0.1, 0.15) is 27.0 Å². The number of nitrogens with one attached hydrogen (secondary N) is 1. The number of carbonyl (C=O) groups is 2. The first-order chi connectivity index (χ1) is 10.6. The second-order valence-corrected chi connectivity index (χ2v) is 5.14. The van der Waals surface area contributed by atoms with Gasteiger partial charge in [-0.2, -0.15) is 0 Å². The third-order valence-corrected chi connectivity index (χ3v) is 3.32. The quantitative estimate of drug-likeness (QED) is 0.863. The maximum atomic E-state index is 11.8. The monoisotopic (exact) mass is 297 g/mol. The Balaban J connectivity index is 1.81. The zero-order valence-electron chi connectivity index (χ0n) is 12.8. The first-order valence-electron chi connectivity index (χ1n) is 7.11. The number of amides is 1. The fourth-order valence-electron chi connectivity index (χ4n) is 2.01. The molecule has 0 unspecified atom stereocenters. The Hall–Kier alpha value is -2.62. The molecule has 0 saturated heterocycles. The smallest absolute Gasteiger partial charge is 0.325 e. The van der Waals surface area contributed by atoms with Gasteiger partial charge >= 0.3 is 5.97 Å². The molecular formula is C18H19NO3. The highest BCUT2D eigenvalue weighted by atomic mass is 16.5. The zero-order chi connectivity index (χ0) is 15.9. The van der Waals surface area contributed by atoms with Crippen molar-refractivity contribution in [2.45, 2.75) is 20.5 Å². The minimum absolute atomic E-state index is 0.140. The van der Waals surface area contributed by atoms with Crippen LogP contribution in [-0.2, 0) is 16.1 Å². The Kier molecular flexibility index (Phi) is 5.31. The van der Waals surface area contributed by atoms with Crippen LogP contribution in [0.2, 0.25) is 0 Å². The highest BCUT2D eigenvalue weighted by Gasteiger charge is 2.09. The predicted molar refractivity (Wildman–Crippen MR) is 84.5 cm³/mol. The van der Waals surface area contributed by atoms with Gasteiger partial charge in [-0.05, 0) is 37.1 Å². The molecule has 1 N–H and O–H groups in total. The van der Waals surface area contributed by atoms with E-state index in [1.807, 2.05) is 38.1 Å². The summed E-state index contributed by atoms with van der Waals surface area (Å²) < 4.78 is 5.20. The van der Waals surface area contributed by atoms with Crippen LogP contribution in [-0.4, -0.2) is 18.4 Å². The molecule has 0 spiro atoms. The van der Waals surface area contributed by atoms with Crippen molar-refractivity contribution in [1.29, 1.82) is 0 Å². The van der Waals surface area contributed by atoms with Crippen molar-refractivity contribution >= 4 is 11.9 Å². The van der Waals surface area contributed by atoms with Gasteiger partial charge in [0.15, 0.2) is 0 Å². The summed E-state index contributed by atoms with van der Waals surface area (Å²) in [5.74, 6) is -0.741. The van der Waals surface area contributed by atoms with E-state index in [-0.39, 0.29) is 19.1 Å². The standard InChI is InChI=1S/C18H19NO3/c1-13-8-9-14(2)16(10-13)12-22-17(20)11-19-18(21)15-6-4-3-5-7-15/h3-10H,11-12H2,1-2H3,(H,19,21). The number of rotatable bonds is 5. The molecule has 0 aromatic heterocycles. The van der Waals surface area contributed by atoms with E-state index in [4.69, 9.17) is 4.74 Å². The van der Waals surface area contributed by atoms with Crippen molar-refractivity contribution in [3.05, 3.63) is 70.8 Å². The summed E-state index contributed by atoms with van der Waals surface area (Å²) in [5.41, 5.74) is 3.69. The molecule has 2 aromatic carbocycles. The summed E-state index contributed by atoms with van der Waals surface area (Å²) >= 11 is 0. The van der Waals surface area contributed by atoms with Gasteiger partial charge in [-0.15, -0.1) is 0 Å². The molecule has 0 bridgehead atoms. The van der Waals surface area contributed by atoms with Gasteiger partial charge in [-0.25, -0.2) is 0 Å².